The SMILES string of the molecule is CNC(=O)C1CCN(C(=O)C2CCC(=O)NC2)CC1. The van der Waals surface area contributed by atoms with Gasteiger partial charge < -0.3 is 15.5 Å². The molecule has 0 aromatic carbocycles. The minimum Gasteiger partial charge on any atom is -0.359 e. The van der Waals surface area contributed by atoms with Gasteiger partial charge in [0.05, 0.1) is 5.92 Å². The Labute approximate surface area is 112 Å². The number of amides is 3. The number of piperidine rings is 2. The Bertz CT molecular complexity index is 365. The van der Waals surface area contributed by atoms with E-state index in [9.17, 15) is 14.4 Å². The van der Waals surface area contributed by atoms with E-state index in [0.29, 0.717) is 32.5 Å². The summed E-state index contributed by atoms with van der Waals surface area (Å²) >= 11 is 0. The Morgan fingerprint density at radius 2 is 1.89 bits per heavy atom. The zero-order chi connectivity index (χ0) is 13.8. The first-order chi connectivity index (χ1) is 9.11. The summed E-state index contributed by atoms with van der Waals surface area (Å²) in [5.41, 5.74) is 0. The fourth-order valence-electron chi connectivity index (χ4n) is 2.77. The number of nitrogens with one attached hydrogen (secondary N) is 2. The van der Waals surface area contributed by atoms with Crippen LogP contribution >= 0.6 is 0 Å². The second-order valence-electron chi connectivity index (χ2n) is 5.25. The number of carbonyl (C=O) groups is 3. The van der Waals surface area contributed by atoms with Gasteiger partial charge in [0, 0.05) is 39.0 Å². The fourth-order valence-corrected chi connectivity index (χ4v) is 2.77. The Balaban J connectivity index is 1.82. The van der Waals surface area contributed by atoms with Crippen LogP contribution in [-0.2, 0) is 14.4 Å². The molecule has 19 heavy (non-hydrogen) atoms. The highest BCUT2D eigenvalue weighted by atomic mass is 16.2. The van der Waals surface area contributed by atoms with Gasteiger partial charge in [-0.1, -0.05) is 0 Å². The third-order valence-electron chi connectivity index (χ3n) is 4.04. The van der Waals surface area contributed by atoms with Crippen molar-refractivity contribution in [3.05, 3.63) is 0 Å². The molecule has 106 valence electrons. The molecule has 0 spiro atoms. The number of hydrogen-bond acceptors (Lipinski definition) is 3. The van der Waals surface area contributed by atoms with Crippen molar-refractivity contribution in [3.63, 3.8) is 0 Å². The first kappa shape index (κ1) is 13.8. The molecule has 1 unspecified atom stereocenters. The molecule has 2 saturated heterocycles. The topological polar surface area (TPSA) is 78.5 Å². The highest BCUT2D eigenvalue weighted by Gasteiger charge is 2.32. The minimum absolute atomic E-state index is 0.0279. The van der Waals surface area contributed by atoms with Crippen LogP contribution in [0, 0.1) is 11.8 Å². The molecule has 0 aromatic rings. The molecule has 6 nitrogen and oxygen atoms in total. The third kappa shape index (κ3) is 3.24. The van der Waals surface area contributed by atoms with Crippen molar-refractivity contribution in [2.45, 2.75) is 25.7 Å². The summed E-state index contributed by atoms with van der Waals surface area (Å²) < 4.78 is 0. The van der Waals surface area contributed by atoms with Crippen molar-refractivity contribution in [3.8, 4) is 0 Å². The van der Waals surface area contributed by atoms with Gasteiger partial charge in [-0.15, -0.1) is 0 Å². The van der Waals surface area contributed by atoms with E-state index in [-0.39, 0.29) is 29.6 Å². The first-order valence-electron chi connectivity index (χ1n) is 6.89. The number of rotatable bonds is 2. The molecule has 0 aliphatic carbocycles. The number of hydrogen-bond donors (Lipinski definition) is 2. The largest absolute Gasteiger partial charge is 0.359 e. The smallest absolute Gasteiger partial charge is 0.227 e. The maximum Gasteiger partial charge on any atom is 0.227 e. The van der Waals surface area contributed by atoms with Crippen molar-refractivity contribution in [2.24, 2.45) is 11.8 Å². The lowest BCUT2D eigenvalue weighted by Gasteiger charge is -2.34. The van der Waals surface area contributed by atoms with Crippen molar-refractivity contribution in [2.75, 3.05) is 26.7 Å². The first-order valence-corrected chi connectivity index (χ1v) is 6.89. The van der Waals surface area contributed by atoms with Gasteiger partial charge in [-0.05, 0) is 19.3 Å². The van der Waals surface area contributed by atoms with E-state index in [1.807, 2.05) is 4.90 Å². The van der Waals surface area contributed by atoms with E-state index in [0.717, 1.165) is 12.8 Å². The lowest BCUT2D eigenvalue weighted by atomic mass is 9.93. The standard InChI is InChI=1S/C13H21N3O3/c1-14-12(18)9-4-6-16(7-5-9)13(19)10-2-3-11(17)15-8-10/h9-10H,2-8H2,1H3,(H,14,18)(H,15,17). The lowest BCUT2D eigenvalue weighted by Crippen LogP contribution is -2.48. The van der Waals surface area contributed by atoms with E-state index in [2.05, 4.69) is 10.6 Å². The van der Waals surface area contributed by atoms with Crippen LogP contribution in [-0.4, -0.2) is 49.3 Å². The van der Waals surface area contributed by atoms with Crippen LogP contribution in [0.25, 0.3) is 0 Å². The van der Waals surface area contributed by atoms with Gasteiger partial charge in [-0.2, -0.15) is 0 Å². The highest BCUT2D eigenvalue weighted by Crippen LogP contribution is 2.21. The second-order valence-corrected chi connectivity index (χ2v) is 5.25. The van der Waals surface area contributed by atoms with E-state index in [1.54, 1.807) is 7.05 Å². The van der Waals surface area contributed by atoms with Gasteiger partial charge in [0.25, 0.3) is 0 Å². The van der Waals surface area contributed by atoms with Crippen molar-refractivity contribution >= 4 is 17.7 Å². The monoisotopic (exact) mass is 267 g/mol. The molecule has 1 atom stereocenters. The predicted octanol–water partition coefficient (Wildman–Crippen LogP) is -0.503. The highest BCUT2D eigenvalue weighted by molar-refractivity contribution is 5.84. The van der Waals surface area contributed by atoms with Crippen LogP contribution in [0.5, 0.6) is 0 Å². The van der Waals surface area contributed by atoms with Gasteiger partial charge in [0.15, 0.2) is 0 Å². The van der Waals surface area contributed by atoms with Gasteiger partial charge in [0.1, 0.15) is 0 Å². The van der Waals surface area contributed by atoms with E-state index >= 15 is 0 Å². The summed E-state index contributed by atoms with van der Waals surface area (Å²) in [5.74, 6) is 0.157. The number of likely N-dealkylation sites (tertiary alicyclic amines) is 1. The third-order valence-corrected chi connectivity index (χ3v) is 4.04. The maximum atomic E-state index is 12.3. The zero-order valence-corrected chi connectivity index (χ0v) is 11.3. The number of nitrogens with zero attached hydrogens (tertiary/aromatic N) is 1. The van der Waals surface area contributed by atoms with Crippen LogP contribution in [0.3, 0.4) is 0 Å². The average Bonchev–Trinajstić information content (AvgIpc) is 2.46. The van der Waals surface area contributed by atoms with Gasteiger partial charge in [-0.3, -0.25) is 14.4 Å². The quantitative estimate of drug-likeness (QED) is 0.708. The molecule has 0 bridgehead atoms. The molecule has 6 heteroatoms. The minimum atomic E-state index is -0.0887. The van der Waals surface area contributed by atoms with Crippen LogP contribution in [0.2, 0.25) is 0 Å². The molecule has 0 saturated carbocycles. The predicted molar refractivity (Wildman–Crippen MR) is 69.1 cm³/mol. The molecule has 3 amide bonds. The normalized spacial score (nSPS) is 24.8. The van der Waals surface area contributed by atoms with Gasteiger partial charge >= 0.3 is 0 Å². The average molecular weight is 267 g/mol. The molecule has 2 rings (SSSR count). The summed E-state index contributed by atoms with van der Waals surface area (Å²) in [4.78, 5) is 36.7. The van der Waals surface area contributed by atoms with Crippen LogP contribution in [0.1, 0.15) is 25.7 Å². The van der Waals surface area contributed by atoms with E-state index in [4.69, 9.17) is 0 Å². The van der Waals surface area contributed by atoms with Crippen LogP contribution in [0.4, 0.5) is 0 Å². The van der Waals surface area contributed by atoms with E-state index in [1.165, 1.54) is 0 Å². The Kier molecular flexibility index (Phi) is 4.39. The van der Waals surface area contributed by atoms with Crippen LogP contribution < -0.4 is 10.6 Å². The zero-order valence-electron chi connectivity index (χ0n) is 11.3. The summed E-state index contributed by atoms with van der Waals surface area (Å²) in [6.45, 7) is 1.73. The summed E-state index contributed by atoms with van der Waals surface area (Å²) in [6, 6.07) is 0. The molecule has 2 N–H and O–H groups in total. The van der Waals surface area contributed by atoms with Crippen molar-refractivity contribution in [1.29, 1.82) is 0 Å². The Hall–Kier alpha value is -1.59. The van der Waals surface area contributed by atoms with Gasteiger partial charge in [-0.25, -0.2) is 0 Å². The Morgan fingerprint density at radius 1 is 1.21 bits per heavy atom. The molecule has 0 radical (unpaired) electrons. The summed E-state index contributed by atoms with van der Waals surface area (Å²) in [6.07, 6.45) is 2.53. The molecule has 2 heterocycles. The molecular formula is C13H21N3O3. The molecule has 2 aliphatic rings. The van der Waals surface area contributed by atoms with Crippen molar-refractivity contribution in [1.82, 2.24) is 15.5 Å². The van der Waals surface area contributed by atoms with Crippen molar-refractivity contribution < 1.29 is 14.4 Å². The summed E-state index contributed by atoms with van der Waals surface area (Å²) in [5, 5.41) is 5.39. The maximum absolute atomic E-state index is 12.3. The second kappa shape index (κ2) is 6.04. The fraction of sp³-hybridized carbons (Fsp3) is 0.769. The molecule has 2 aliphatic heterocycles. The molecular weight excluding hydrogens is 246 g/mol. The Morgan fingerprint density at radius 3 is 2.42 bits per heavy atom. The number of carbonyl (C=O) groups excluding carboxylic acids is 3. The van der Waals surface area contributed by atoms with Gasteiger partial charge in [0.2, 0.25) is 17.7 Å². The molecule has 0 aromatic heterocycles. The summed E-state index contributed by atoms with van der Waals surface area (Å²) in [7, 11) is 1.64. The van der Waals surface area contributed by atoms with E-state index < -0.39 is 0 Å². The lowest BCUT2D eigenvalue weighted by molar-refractivity contribution is -0.140. The molecule has 2 fully saturated rings. The van der Waals surface area contributed by atoms with Crippen LogP contribution in [0.15, 0.2) is 0 Å².